The number of rotatable bonds is 27. The lowest BCUT2D eigenvalue weighted by atomic mass is 9.90. The van der Waals surface area contributed by atoms with Crippen molar-refractivity contribution in [1.82, 2.24) is 52.2 Å². The highest BCUT2D eigenvalue weighted by atomic mass is 16.5. The van der Waals surface area contributed by atoms with Crippen LogP contribution in [0, 0.1) is 11.8 Å². The molecule has 6 aliphatic rings. The summed E-state index contributed by atoms with van der Waals surface area (Å²) >= 11 is 0. The van der Waals surface area contributed by atoms with Gasteiger partial charge >= 0.3 is 11.9 Å². The second kappa shape index (κ2) is 41.1. The summed E-state index contributed by atoms with van der Waals surface area (Å²) in [6.07, 6.45) is 1.91. The van der Waals surface area contributed by atoms with Gasteiger partial charge in [-0.25, -0.2) is 4.79 Å². The molecule has 2 fully saturated rings. The number of aromatic carboxylic acids is 1. The van der Waals surface area contributed by atoms with Crippen LogP contribution in [0.15, 0.2) is 118 Å². The molecule has 125 heavy (non-hydrogen) atoms. The molecule has 6 heterocycles. The van der Waals surface area contributed by atoms with Gasteiger partial charge in [-0.3, -0.25) is 67.1 Å². The first kappa shape index (κ1) is 89.4. The zero-order valence-electron chi connectivity index (χ0n) is 67.6. The molecule has 41 nitrogen and oxygen atoms in total. The van der Waals surface area contributed by atoms with Gasteiger partial charge in [-0.2, -0.15) is 15.0 Å². The van der Waals surface area contributed by atoms with E-state index in [0.29, 0.717) is 54.3 Å². The number of aromatic nitrogens is 3. The number of nitrogens with two attached hydrogens (primary N) is 4. The number of amides is 12. The van der Waals surface area contributed by atoms with E-state index in [1.165, 1.54) is 91.0 Å². The summed E-state index contributed by atoms with van der Waals surface area (Å²) in [5.41, 5.74) is 23.9. The zero-order valence-corrected chi connectivity index (χ0v) is 67.6. The Bertz CT molecular complexity index is 5540. The van der Waals surface area contributed by atoms with E-state index in [1.807, 2.05) is 9.80 Å². The Morgan fingerprint density at radius 3 is 1.74 bits per heavy atom. The van der Waals surface area contributed by atoms with Crippen molar-refractivity contribution in [2.24, 2.45) is 34.8 Å². The summed E-state index contributed by atoms with van der Waals surface area (Å²) in [5.74, 6) is -12.4. The quantitative estimate of drug-likeness (QED) is 0.0259. The molecular weight excluding hydrogens is 1630 g/mol. The average molecular weight is 1720 g/mol. The van der Waals surface area contributed by atoms with Crippen molar-refractivity contribution >= 4 is 134 Å². The van der Waals surface area contributed by atoms with E-state index >= 15 is 0 Å². The Morgan fingerprint density at radius 1 is 0.552 bits per heavy atom. The van der Waals surface area contributed by atoms with Crippen molar-refractivity contribution in [2.75, 3.05) is 96.6 Å². The number of ether oxygens (including phenoxy) is 2. The lowest BCUT2D eigenvalue weighted by molar-refractivity contribution is -0.137. The Kier molecular flexibility index (Phi) is 29.4. The van der Waals surface area contributed by atoms with Crippen molar-refractivity contribution in [3.05, 3.63) is 147 Å². The van der Waals surface area contributed by atoms with Crippen molar-refractivity contribution in [1.29, 1.82) is 0 Å². The topological polar surface area (TPSA) is 630 Å². The predicted octanol–water partition coefficient (Wildman–Crippen LogP) is 2.14. The van der Waals surface area contributed by atoms with Crippen molar-refractivity contribution in [2.45, 2.75) is 114 Å². The molecule has 41 heteroatoms. The monoisotopic (exact) mass is 1720 g/mol. The number of unbranched alkanes of at least 4 members (excludes halogenated alkanes) is 2. The second-order valence-electron chi connectivity index (χ2n) is 30.2. The number of aromatic hydroxyl groups is 1. The van der Waals surface area contributed by atoms with Gasteiger partial charge in [0.1, 0.15) is 59.4 Å². The number of carbonyl (C=O) groups is 14. The second-order valence-corrected chi connectivity index (χ2v) is 30.2. The number of phenols is 1. The van der Waals surface area contributed by atoms with Crippen LogP contribution in [0.5, 0.6) is 17.2 Å². The number of anilines is 7. The number of hydrogen-bond donors (Lipinski definition) is 18. The molecule has 0 bridgehead atoms. The van der Waals surface area contributed by atoms with Crippen LogP contribution in [-0.2, 0) is 54.6 Å². The average Bonchev–Trinajstić information content (AvgIpc) is 0.745. The standard InChI is InChI=1S/C84H94N20O21/c85-26-3-1-5-59-78(118)99-62-33-45(72(87)112)7-8-46(62)42-124-64-19-11-47(35-56(64)76(116)91-41-69(109)95-59)92-67(107)39-89-74(114)43-21-28-103(29-22-43)83-100-82(94-49-9-14-52(55(34-49)81(121)122)71-53-15-12-50(105)37-65(53)125-66-38-51(106)13-16-54(66)71)101-84(102-83)104-30-23-44(24-31-104)75(115)90-40-68(108)93-48-10-18-63-57(36-48)77(117)97-61(17-20-70(110)111)80(120)98-60(6-2-4-27-86)79(119)96-58(73(88)113)25-32-123-63/h7-16,18-19,33-38,43-44,58-61,105H,1-6,17,20-32,39-42,85-86H2,(H2,87,112)(H2,88,113)(H,89,114)(H,90,115)(H,91,116)(H,92,107)(H,93,108)(H,95,109)(H,96,119)(H,97,117)(H,98,120)(H,99,118)(H,110,111)(H,121,122)(H,94,100,101,102)/t58-,59-,60-,61-/m0/s1. The highest BCUT2D eigenvalue weighted by molar-refractivity contribution is 6.09. The number of phenolic OH excluding ortho intramolecular Hbond substituents is 1. The van der Waals surface area contributed by atoms with Crippen LogP contribution >= 0.6 is 0 Å². The van der Waals surface area contributed by atoms with Gasteiger partial charge in [0.15, 0.2) is 5.43 Å². The van der Waals surface area contributed by atoms with Crippen molar-refractivity contribution in [3.8, 4) is 39.7 Å². The van der Waals surface area contributed by atoms with E-state index in [9.17, 15) is 87.2 Å². The van der Waals surface area contributed by atoms with Gasteiger partial charge in [0.05, 0.1) is 42.9 Å². The third-order valence-electron chi connectivity index (χ3n) is 21.4. The Hall–Kier alpha value is -14.9. The smallest absolute Gasteiger partial charge is 0.336 e. The first-order valence-electron chi connectivity index (χ1n) is 40.5. The molecule has 22 N–H and O–H groups in total. The molecule has 0 spiro atoms. The molecular formula is C84H94N20O21. The lowest BCUT2D eigenvalue weighted by Crippen LogP contribution is -2.56. The van der Waals surface area contributed by atoms with Gasteiger partial charge in [-0.05, 0) is 174 Å². The predicted molar refractivity (Wildman–Crippen MR) is 452 cm³/mol. The van der Waals surface area contributed by atoms with E-state index in [-0.39, 0.29) is 193 Å². The normalized spacial score (nSPS) is 17.5. The Labute approximate surface area is 712 Å². The fraction of sp³-hybridized carbons (Fsp3) is 0.357. The maximum atomic E-state index is 14.2. The van der Waals surface area contributed by atoms with Crippen LogP contribution in [0.1, 0.15) is 130 Å². The van der Waals surface area contributed by atoms with Gasteiger partial charge in [-0.15, -0.1) is 0 Å². The van der Waals surface area contributed by atoms with Gasteiger partial charge in [0.25, 0.3) is 11.8 Å². The van der Waals surface area contributed by atoms with Gasteiger partial charge in [-0.1, -0.05) is 12.1 Å². The van der Waals surface area contributed by atoms with Gasteiger partial charge in [0.2, 0.25) is 76.9 Å². The van der Waals surface area contributed by atoms with Crippen LogP contribution in [0.3, 0.4) is 0 Å². The number of nitrogens with one attached hydrogen (secondary N) is 11. The maximum Gasteiger partial charge on any atom is 0.336 e. The third-order valence-corrected chi connectivity index (χ3v) is 21.4. The van der Waals surface area contributed by atoms with Crippen LogP contribution in [0.25, 0.3) is 33.4 Å². The summed E-state index contributed by atoms with van der Waals surface area (Å²) < 4.78 is 18.1. The van der Waals surface area contributed by atoms with Crippen LogP contribution in [0.4, 0.5) is 40.6 Å². The fourth-order valence-electron chi connectivity index (χ4n) is 14.8. The molecule has 1 aliphatic carbocycles. The molecule has 12 amide bonds. The summed E-state index contributed by atoms with van der Waals surface area (Å²) in [6.45, 7) is -0.696. The Morgan fingerprint density at radius 2 is 1.14 bits per heavy atom. The number of hydrogen-bond acceptors (Lipinski definition) is 27. The molecule has 0 saturated carbocycles. The molecule has 5 aliphatic heterocycles. The van der Waals surface area contributed by atoms with Crippen molar-refractivity contribution < 1.29 is 96.3 Å². The number of benzene rings is 6. The number of carboxylic acids is 2. The highest BCUT2D eigenvalue weighted by Crippen LogP contribution is 2.43. The first-order chi connectivity index (χ1) is 60.0. The molecule has 656 valence electrons. The van der Waals surface area contributed by atoms with Gasteiger partial charge < -0.3 is 120 Å². The SMILES string of the molecule is NCCCC[C@@H]1NC(=O)CNC(=O)c2cc(NC(=O)CNC(=O)C3CCN(c4nc(Nc5ccc(-c6c7ccc(=O)cc-7oc7cc(O)ccc67)c(C(=O)O)c5)nc(N5CCC(C(=O)NCC(=O)Nc6ccc7c(c6)C(=O)N[C@@H](CCC(=O)O)C(=O)N[C@@H](CCCCN)C(=O)N[C@H](C(N)=O)CCO7)CC5)n4)CC3)ccc2OCc2ccc(C(N)=O)cc2NC1=O. The number of aliphatic carboxylic acids is 1. The minimum atomic E-state index is -1.51. The van der Waals surface area contributed by atoms with Crippen molar-refractivity contribution in [3.63, 3.8) is 0 Å². The number of carbonyl (C=O) groups excluding carboxylic acids is 12. The molecule has 2 saturated heterocycles. The number of primary amides is 2. The van der Waals surface area contributed by atoms with Crippen LogP contribution in [0.2, 0.25) is 0 Å². The van der Waals surface area contributed by atoms with Crippen LogP contribution < -0.4 is 106 Å². The zero-order chi connectivity index (χ0) is 89.1. The lowest BCUT2D eigenvalue weighted by Gasteiger charge is -2.34. The van der Waals surface area contributed by atoms with E-state index in [0.717, 1.165) is 0 Å². The highest BCUT2D eigenvalue weighted by Gasteiger charge is 2.35. The summed E-state index contributed by atoms with van der Waals surface area (Å²) in [5, 5.41) is 60.8. The third kappa shape index (κ3) is 23.2. The minimum absolute atomic E-state index is 0.0144. The Balaban J connectivity index is 0.721. The number of piperidine rings is 2. The van der Waals surface area contributed by atoms with E-state index < -0.39 is 151 Å². The van der Waals surface area contributed by atoms with Crippen LogP contribution in [-0.4, -0.2) is 203 Å². The van der Waals surface area contributed by atoms with E-state index in [4.69, 9.17) is 51.8 Å². The molecule has 0 unspecified atom stereocenters. The number of carboxylic acid groups (broad SMARTS) is 2. The fourth-order valence-corrected chi connectivity index (χ4v) is 14.8. The number of fused-ring (bicyclic) bond motifs is 5. The molecule has 12 rings (SSSR count). The largest absolute Gasteiger partial charge is 0.508 e. The maximum absolute atomic E-state index is 14.2. The minimum Gasteiger partial charge on any atom is -0.508 e. The first-order valence-corrected chi connectivity index (χ1v) is 40.5. The van der Waals surface area contributed by atoms with Gasteiger partial charge in [0, 0.05) is 113 Å². The molecule has 5 aromatic carbocycles. The molecule has 6 aromatic rings. The summed E-state index contributed by atoms with van der Waals surface area (Å²) in [7, 11) is 0. The molecule has 1 aromatic heterocycles. The van der Waals surface area contributed by atoms with E-state index in [1.54, 1.807) is 18.2 Å². The van der Waals surface area contributed by atoms with E-state index in [2.05, 4.69) is 58.5 Å². The molecule has 0 radical (unpaired) electrons. The summed E-state index contributed by atoms with van der Waals surface area (Å²) in [4.78, 5) is 218. The summed E-state index contributed by atoms with van der Waals surface area (Å²) in [6, 6.07) is 20.3. The number of nitrogens with zero attached hydrogens (tertiary/aromatic N) is 5. The molecule has 4 atom stereocenters.